The Bertz CT molecular complexity index is 3750. The van der Waals surface area contributed by atoms with Crippen LogP contribution >= 0.6 is 39.1 Å². The summed E-state index contributed by atoms with van der Waals surface area (Å²) >= 11 is 16.1. The highest BCUT2D eigenvalue weighted by Crippen LogP contribution is 2.45. The van der Waals surface area contributed by atoms with E-state index in [0.29, 0.717) is 5.46 Å². The predicted molar refractivity (Wildman–Crippen MR) is 313 cm³/mol. The Morgan fingerprint density at radius 1 is 0.319 bits per heavy atom. The molecule has 72 heavy (non-hydrogen) atoms. The monoisotopic (exact) mass is 1040 g/mol. The van der Waals surface area contributed by atoms with Crippen molar-refractivity contribution < 1.29 is 10.0 Å². The number of pyridine rings is 2. The van der Waals surface area contributed by atoms with Gasteiger partial charge in [0.15, 0.2) is 0 Å². The Labute approximate surface area is 440 Å². The third kappa shape index (κ3) is 10.8. The molecule has 10 aromatic carbocycles. The first-order valence-electron chi connectivity index (χ1n) is 22.8. The molecule has 0 radical (unpaired) electrons. The van der Waals surface area contributed by atoms with Gasteiger partial charge in [-0.05, 0) is 141 Å². The fourth-order valence-corrected chi connectivity index (χ4v) is 10.1. The van der Waals surface area contributed by atoms with Crippen molar-refractivity contribution in [3.63, 3.8) is 0 Å². The van der Waals surface area contributed by atoms with E-state index >= 15 is 0 Å². The SMILES string of the molecule is C.C.Clc1ccc(-c2c(-c3ccc(-c4ccccn4)cc3)c3ccccc3c3ccccc23)cc1.Clc1ccc(-c2c(Br)c3ccccc3c3ccccc23)cc1.OB(O)c1ccc(-c2ccccn2)cc1. The lowest BCUT2D eigenvalue weighted by Gasteiger charge is -2.19. The number of rotatable bonds is 6. The molecule has 4 nitrogen and oxygen atoms in total. The van der Waals surface area contributed by atoms with Gasteiger partial charge in [0.1, 0.15) is 0 Å². The first-order valence-corrected chi connectivity index (χ1v) is 24.3. The number of hydrogen-bond donors (Lipinski definition) is 2. The summed E-state index contributed by atoms with van der Waals surface area (Å²) in [7, 11) is -1.41. The van der Waals surface area contributed by atoms with Crippen molar-refractivity contribution >= 4 is 94.8 Å². The minimum atomic E-state index is -1.41. The smallest absolute Gasteiger partial charge is 0.423 e. The standard InChI is InChI=1S/C31H20ClN.C20H12BrCl.C11H10BNO2.2CH4/c32-24-18-16-23(17-19-24)31-28-10-4-2-8-26(28)25-7-1-3-9-27(25)30(31)22-14-12-21(13-15-22)29-11-5-6-20-33-29;21-20-18-8-4-2-6-16(18)15-5-1-3-7-17(15)19(20)13-9-11-14(22)12-10-13;14-12(15)10-6-4-9(5-7-10)11-3-1-2-8-13-11;;/h1-20H;1-12H;1-8,14-15H;2*1H4. The van der Waals surface area contributed by atoms with Gasteiger partial charge in [0.2, 0.25) is 0 Å². The molecule has 0 bridgehead atoms. The Morgan fingerprint density at radius 3 is 0.986 bits per heavy atom. The summed E-state index contributed by atoms with van der Waals surface area (Å²) in [5.74, 6) is 0. The second kappa shape index (κ2) is 23.2. The van der Waals surface area contributed by atoms with Gasteiger partial charge in [-0.1, -0.05) is 220 Å². The van der Waals surface area contributed by atoms with Crippen LogP contribution in [0, 0.1) is 0 Å². The highest BCUT2D eigenvalue weighted by molar-refractivity contribution is 9.10. The van der Waals surface area contributed by atoms with Gasteiger partial charge in [-0.15, -0.1) is 0 Å². The van der Waals surface area contributed by atoms with Gasteiger partial charge in [0.05, 0.1) is 11.4 Å². The van der Waals surface area contributed by atoms with E-state index < -0.39 is 7.12 Å². The lowest BCUT2D eigenvalue weighted by atomic mass is 9.80. The molecule has 8 heteroatoms. The second-order valence-corrected chi connectivity index (χ2v) is 18.3. The number of hydrogen-bond acceptors (Lipinski definition) is 4. The zero-order valence-corrected chi connectivity index (χ0v) is 40.7. The maximum atomic E-state index is 8.93. The molecule has 12 aromatic rings. The van der Waals surface area contributed by atoms with Crippen molar-refractivity contribution in [3.05, 3.63) is 257 Å². The van der Waals surface area contributed by atoms with Crippen LogP contribution in [0.1, 0.15) is 14.9 Å². The topological polar surface area (TPSA) is 66.2 Å². The third-order valence-corrected chi connectivity index (χ3v) is 13.7. The van der Waals surface area contributed by atoms with Crippen molar-refractivity contribution in [2.45, 2.75) is 14.9 Å². The van der Waals surface area contributed by atoms with Gasteiger partial charge < -0.3 is 10.0 Å². The fraction of sp³-hybridized carbons (Fsp3) is 0.0312. The van der Waals surface area contributed by atoms with Crippen molar-refractivity contribution in [2.24, 2.45) is 0 Å². The summed E-state index contributed by atoms with van der Waals surface area (Å²) in [4.78, 5) is 8.70. The van der Waals surface area contributed by atoms with E-state index in [-0.39, 0.29) is 14.9 Å². The minimum Gasteiger partial charge on any atom is -0.423 e. The number of fused-ring (bicyclic) bond motifs is 6. The number of nitrogens with zero attached hydrogens (tertiary/aromatic N) is 2. The lowest BCUT2D eigenvalue weighted by molar-refractivity contribution is 0.426. The van der Waals surface area contributed by atoms with Crippen LogP contribution in [0.2, 0.25) is 10.0 Å². The van der Waals surface area contributed by atoms with E-state index in [1.54, 1.807) is 18.3 Å². The van der Waals surface area contributed by atoms with Crippen molar-refractivity contribution in [1.29, 1.82) is 0 Å². The molecule has 0 saturated heterocycles. The molecule has 0 atom stereocenters. The molecule has 352 valence electrons. The largest absolute Gasteiger partial charge is 0.488 e. The molecule has 2 N–H and O–H groups in total. The van der Waals surface area contributed by atoms with Gasteiger partial charge in [0.25, 0.3) is 0 Å². The maximum absolute atomic E-state index is 8.93. The molecule has 0 aliphatic rings. The average Bonchev–Trinajstić information content (AvgIpc) is 3.42. The summed E-state index contributed by atoms with van der Waals surface area (Å²) in [6.45, 7) is 0. The Morgan fingerprint density at radius 2 is 0.611 bits per heavy atom. The van der Waals surface area contributed by atoms with Gasteiger partial charge >= 0.3 is 7.12 Å². The number of aromatic nitrogens is 2. The highest BCUT2D eigenvalue weighted by atomic mass is 79.9. The first kappa shape index (κ1) is 51.0. The van der Waals surface area contributed by atoms with Crippen LogP contribution in [0.4, 0.5) is 0 Å². The zero-order valence-electron chi connectivity index (χ0n) is 37.6. The van der Waals surface area contributed by atoms with E-state index in [2.05, 4.69) is 171 Å². The molecule has 0 spiro atoms. The van der Waals surface area contributed by atoms with Crippen LogP contribution in [-0.4, -0.2) is 27.1 Å². The quantitative estimate of drug-likeness (QED) is 0.129. The molecule has 0 aliphatic heterocycles. The molecular weight excluding hydrogens is 990 g/mol. The molecular formula is C64H50BBrCl2N2O2. The molecule has 2 heterocycles. The molecule has 0 fully saturated rings. The Balaban J connectivity index is 0.000000154. The van der Waals surface area contributed by atoms with Crippen LogP contribution < -0.4 is 5.46 Å². The summed E-state index contributed by atoms with van der Waals surface area (Å²) in [5.41, 5.74) is 11.6. The molecule has 0 amide bonds. The molecule has 0 saturated carbocycles. The molecule has 0 unspecified atom stereocenters. The summed E-state index contributed by atoms with van der Waals surface area (Å²) in [5, 5.41) is 29.4. The number of benzene rings is 10. The van der Waals surface area contributed by atoms with Crippen LogP contribution in [0.15, 0.2) is 247 Å². The average molecular weight is 1040 g/mol. The lowest BCUT2D eigenvalue weighted by Crippen LogP contribution is -2.29. The van der Waals surface area contributed by atoms with Crippen LogP contribution in [0.25, 0.3) is 99.0 Å². The van der Waals surface area contributed by atoms with E-state index in [1.165, 1.54) is 70.9 Å². The van der Waals surface area contributed by atoms with Gasteiger partial charge in [0, 0.05) is 43.6 Å². The van der Waals surface area contributed by atoms with Gasteiger partial charge in [-0.2, -0.15) is 0 Å². The van der Waals surface area contributed by atoms with E-state index in [0.717, 1.165) is 42.6 Å². The Hall–Kier alpha value is -7.42. The van der Waals surface area contributed by atoms with E-state index in [9.17, 15) is 0 Å². The van der Waals surface area contributed by atoms with Gasteiger partial charge in [-0.3, -0.25) is 9.97 Å². The normalized spacial score (nSPS) is 10.6. The van der Waals surface area contributed by atoms with Crippen molar-refractivity contribution in [3.8, 4) is 55.9 Å². The maximum Gasteiger partial charge on any atom is 0.488 e. The molecule has 12 rings (SSSR count). The molecule has 2 aromatic heterocycles. The minimum absolute atomic E-state index is 0. The van der Waals surface area contributed by atoms with Crippen molar-refractivity contribution in [2.75, 3.05) is 0 Å². The highest BCUT2D eigenvalue weighted by Gasteiger charge is 2.18. The van der Waals surface area contributed by atoms with E-state index in [1.807, 2.05) is 79.0 Å². The zero-order chi connectivity index (χ0) is 48.0. The Kier molecular flexibility index (Phi) is 16.4. The third-order valence-electron chi connectivity index (χ3n) is 12.4. The van der Waals surface area contributed by atoms with Crippen LogP contribution in [-0.2, 0) is 0 Å². The molecule has 0 aliphatic carbocycles. The summed E-state index contributed by atoms with van der Waals surface area (Å²) < 4.78 is 1.13. The fourth-order valence-electron chi connectivity index (χ4n) is 9.06. The predicted octanol–water partition coefficient (Wildman–Crippen LogP) is 17.8. The first-order chi connectivity index (χ1) is 34.3. The van der Waals surface area contributed by atoms with Crippen LogP contribution in [0.3, 0.4) is 0 Å². The summed E-state index contributed by atoms with van der Waals surface area (Å²) in [6.07, 6.45) is 3.56. The second-order valence-electron chi connectivity index (χ2n) is 16.6. The number of halogens is 3. The van der Waals surface area contributed by atoms with E-state index in [4.69, 9.17) is 33.2 Å². The van der Waals surface area contributed by atoms with Crippen molar-refractivity contribution in [1.82, 2.24) is 9.97 Å². The van der Waals surface area contributed by atoms with Gasteiger partial charge in [-0.25, -0.2) is 0 Å². The van der Waals surface area contributed by atoms with Crippen LogP contribution in [0.5, 0.6) is 0 Å². The summed E-state index contributed by atoms with van der Waals surface area (Å²) in [6, 6.07) is 78.0.